The quantitative estimate of drug-likeness (QED) is 0.150. The van der Waals surface area contributed by atoms with Crippen LogP contribution in [0.15, 0.2) is 261 Å². The van der Waals surface area contributed by atoms with Crippen molar-refractivity contribution in [3.05, 3.63) is 272 Å². The molecule has 1 aliphatic carbocycles. The maximum atomic E-state index is 2.46. The zero-order chi connectivity index (χ0) is 47.9. The number of anilines is 9. The molecule has 14 rings (SSSR count). The highest BCUT2D eigenvalue weighted by molar-refractivity contribution is 6.19. The summed E-state index contributed by atoms with van der Waals surface area (Å²) >= 11 is 0. The summed E-state index contributed by atoms with van der Waals surface area (Å²) in [7, 11) is 0. The molecule has 1 heterocycles. The van der Waals surface area contributed by atoms with E-state index in [1.54, 1.807) is 0 Å². The first kappa shape index (κ1) is 41.8. The fraction of sp³-hybridized carbons (Fsp3) is 0.0435. The molecule has 0 spiro atoms. The van der Waals surface area contributed by atoms with Crippen LogP contribution in [0.25, 0.3) is 65.7 Å². The van der Waals surface area contributed by atoms with Gasteiger partial charge in [-0.25, -0.2) is 0 Å². The van der Waals surface area contributed by atoms with Crippen LogP contribution in [-0.2, 0) is 5.41 Å². The lowest BCUT2D eigenvalue weighted by molar-refractivity contribution is 0.660. The fourth-order valence-corrected chi connectivity index (χ4v) is 11.8. The molecule has 72 heavy (non-hydrogen) atoms. The molecule has 0 atom stereocenters. The van der Waals surface area contributed by atoms with E-state index in [1.807, 2.05) is 0 Å². The molecule has 340 valence electrons. The standard InChI is InChI=1S/C69H49N3/c1-69(2)63-25-12-11-23-60(63)61-41-39-58(45-64(61)69)71(57-34-29-46-15-9-10-16-49(46)44-57)54-32-27-47(28-33-54)50-30-40-59-51(43-50)31-42-66-68(59)62-24-13-17-48-18-14-26-65(67(48)62)72(66)56-37-35-55(36-38-56)70(52-19-5-3-6-20-52)53-21-7-4-8-22-53/h3-45H,1-2H3. The molecule has 0 N–H and O–H groups in total. The lowest BCUT2D eigenvalue weighted by atomic mass is 9.82. The second-order valence-corrected chi connectivity index (χ2v) is 19.7. The van der Waals surface area contributed by atoms with Gasteiger partial charge in [0.2, 0.25) is 0 Å². The molecular formula is C69H49N3. The van der Waals surface area contributed by atoms with E-state index in [0.717, 1.165) is 39.8 Å². The van der Waals surface area contributed by atoms with Gasteiger partial charge in [-0.1, -0.05) is 172 Å². The number of nitrogens with zero attached hydrogens (tertiary/aromatic N) is 3. The fourth-order valence-electron chi connectivity index (χ4n) is 11.8. The van der Waals surface area contributed by atoms with Crippen LogP contribution in [0, 0.1) is 0 Å². The Hall–Kier alpha value is -9.18. The summed E-state index contributed by atoms with van der Waals surface area (Å²) in [4.78, 5) is 7.19. The minimum Gasteiger partial charge on any atom is -0.311 e. The summed E-state index contributed by atoms with van der Waals surface area (Å²) in [5.74, 6) is 0. The average molecular weight is 920 g/mol. The van der Waals surface area contributed by atoms with Gasteiger partial charge in [0.25, 0.3) is 0 Å². The molecule has 3 heteroatoms. The van der Waals surface area contributed by atoms with Gasteiger partial charge >= 0.3 is 0 Å². The molecule has 0 fully saturated rings. The number of para-hydroxylation sites is 2. The maximum absolute atomic E-state index is 2.46. The Bertz CT molecular complexity index is 4020. The van der Waals surface area contributed by atoms with Gasteiger partial charge in [-0.3, -0.25) is 0 Å². The molecule has 0 radical (unpaired) electrons. The van der Waals surface area contributed by atoms with Gasteiger partial charge in [0.05, 0.1) is 11.4 Å². The van der Waals surface area contributed by atoms with E-state index < -0.39 is 0 Å². The van der Waals surface area contributed by atoms with E-state index in [1.165, 1.54) is 88.2 Å². The third-order valence-corrected chi connectivity index (χ3v) is 15.3. The first-order chi connectivity index (χ1) is 35.5. The van der Waals surface area contributed by atoms with Gasteiger partial charge in [-0.2, -0.15) is 0 Å². The van der Waals surface area contributed by atoms with Crippen LogP contribution in [0.2, 0.25) is 0 Å². The van der Waals surface area contributed by atoms with Gasteiger partial charge in [0, 0.05) is 56.2 Å². The van der Waals surface area contributed by atoms with E-state index in [2.05, 4.69) is 289 Å². The Morgan fingerprint density at radius 1 is 0.319 bits per heavy atom. The van der Waals surface area contributed by atoms with Gasteiger partial charge in [-0.05, 0) is 169 Å². The molecule has 1 aliphatic heterocycles. The lowest BCUT2D eigenvalue weighted by Gasteiger charge is -2.34. The third-order valence-electron chi connectivity index (χ3n) is 15.3. The summed E-state index contributed by atoms with van der Waals surface area (Å²) in [5.41, 5.74) is 20.4. The van der Waals surface area contributed by atoms with Crippen molar-refractivity contribution in [3.63, 3.8) is 0 Å². The molecule has 3 nitrogen and oxygen atoms in total. The van der Waals surface area contributed by atoms with E-state index in [9.17, 15) is 0 Å². The molecule has 0 aromatic heterocycles. The van der Waals surface area contributed by atoms with Crippen molar-refractivity contribution in [3.8, 4) is 33.4 Å². The Morgan fingerprint density at radius 3 is 1.62 bits per heavy atom. The van der Waals surface area contributed by atoms with Crippen LogP contribution < -0.4 is 14.7 Å². The molecule has 0 saturated carbocycles. The maximum Gasteiger partial charge on any atom is 0.0547 e. The van der Waals surface area contributed by atoms with Crippen LogP contribution in [0.5, 0.6) is 0 Å². The van der Waals surface area contributed by atoms with Crippen molar-refractivity contribution in [1.82, 2.24) is 0 Å². The predicted octanol–water partition coefficient (Wildman–Crippen LogP) is 19.5. The van der Waals surface area contributed by atoms with E-state index in [-0.39, 0.29) is 5.41 Å². The lowest BCUT2D eigenvalue weighted by Crippen LogP contribution is -2.16. The second kappa shape index (κ2) is 16.5. The molecule has 12 aromatic rings. The molecular weight excluding hydrogens is 871 g/mol. The molecule has 12 aromatic carbocycles. The summed E-state index contributed by atoms with van der Waals surface area (Å²) < 4.78 is 0. The molecule has 0 bridgehead atoms. The van der Waals surface area contributed by atoms with Gasteiger partial charge < -0.3 is 14.7 Å². The Labute approximate surface area is 420 Å². The smallest absolute Gasteiger partial charge is 0.0547 e. The van der Waals surface area contributed by atoms with Crippen LogP contribution in [0.1, 0.15) is 25.0 Å². The van der Waals surface area contributed by atoms with Crippen LogP contribution in [0.3, 0.4) is 0 Å². The van der Waals surface area contributed by atoms with Crippen molar-refractivity contribution in [2.24, 2.45) is 0 Å². The zero-order valence-electron chi connectivity index (χ0n) is 40.2. The predicted molar refractivity (Wildman–Crippen MR) is 305 cm³/mol. The topological polar surface area (TPSA) is 9.72 Å². The Balaban J connectivity index is 0.846. The highest BCUT2D eigenvalue weighted by Gasteiger charge is 2.36. The molecule has 0 saturated heterocycles. The van der Waals surface area contributed by atoms with Gasteiger partial charge in [0.15, 0.2) is 0 Å². The molecule has 0 amide bonds. The number of benzene rings is 12. The van der Waals surface area contributed by atoms with Crippen molar-refractivity contribution >= 4 is 83.5 Å². The first-order valence-electron chi connectivity index (χ1n) is 25.0. The van der Waals surface area contributed by atoms with Crippen molar-refractivity contribution in [2.75, 3.05) is 14.7 Å². The minimum absolute atomic E-state index is 0.107. The number of hydrogen-bond donors (Lipinski definition) is 0. The van der Waals surface area contributed by atoms with Crippen LogP contribution >= 0.6 is 0 Å². The number of rotatable bonds is 8. The first-order valence-corrected chi connectivity index (χ1v) is 25.0. The summed E-state index contributed by atoms with van der Waals surface area (Å²) in [6.45, 7) is 4.72. The highest BCUT2D eigenvalue weighted by Crippen LogP contribution is 2.54. The van der Waals surface area contributed by atoms with Crippen molar-refractivity contribution in [1.29, 1.82) is 0 Å². The summed E-state index contributed by atoms with van der Waals surface area (Å²) in [6.07, 6.45) is 0. The Kier molecular flexibility index (Phi) is 9.56. The van der Waals surface area contributed by atoms with E-state index >= 15 is 0 Å². The van der Waals surface area contributed by atoms with E-state index in [4.69, 9.17) is 0 Å². The normalized spacial score (nSPS) is 12.9. The summed E-state index contributed by atoms with van der Waals surface area (Å²) in [6, 6.07) is 95.9. The highest BCUT2D eigenvalue weighted by atomic mass is 15.2. The number of fused-ring (bicyclic) bond motifs is 8. The minimum atomic E-state index is -0.107. The zero-order valence-corrected chi connectivity index (χ0v) is 40.2. The SMILES string of the molecule is CC1(C)c2ccccc2-c2ccc(N(c3ccc(-c4ccc5c6c(ccc5c4)N(c4ccc(N(c5ccccc5)c5ccccc5)cc4)c4cccc5cccc-6c45)cc3)c3ccc4ccccc4c3)cc21. The molecule has 0 unspecified atom stereocenters. The monoisotopic (exact) mass is 919 g/mol. The molecule has 2 aliphatic rings. The summed E-state index contributed by atoms with van der Waals surface area (Å²) in [5, 5.41) is 7.40. The van der Waals surface area contributed by atoms with E-state index in [0.29, 0.717) is 0 Å². The van der Waals surface area contributed by atoms with Crippen molar-refractivity contribution < 1.29 is 0 Å². The van der Waals surface area contributed by atoms with Gasteiger partial charge in [-0.15, -0.1) is 0 Å². The third kappa shape index (κ3) is 6.66. The van der Waals surface area contributed by atoms with Gasteiger partial charge in [0.1, 0.15) is 0 Å². The Morgan fingerprint density at radius 2 is 0.861 bits per heavy atom. The largest absolute Gasteiger partial charge is 0.311 e. The van der Waals surface area contributed by atoms with Crippen LogP contribution in [-0.4, -0.2) is 0 Å². The van der Waals surface area contributed by atoms with Crippen molar-refractivity contribution in [2.45, 2.75) is 19.3 Å². The van der Waals surface area contributed by atoms with Crippen LogP contribution in [0.4, 0.5) is 51.2 Å². The average Bonchev–Trinajstić information content (AvgIpc) is 3.67. The number of hydrogen-bond acceptors (Lipinski definition) is 3. The second-order valence-electron chi connectivity index (χ2n) is 19.7.